The van der Waals surface area contributed by atoms with Gasteiger partial charge in [-0.25, -0.2) is 14.2 Å². The lowest BCUT2D eigenvalue weighted by Gasteiger charge is -2.25. The van der Waals surface area contributed by atoms with Gasteiger partial charge in [-0.3, -0.25) is 9.36 Å². The lowest BCUT2D eigenvalue weighted by molar-refractivity contribution is -0.138. The molecular weight excluding hydrogens is 539 g/mol. The van der Waals surface area contributed by atoms with E-state index < -0.39 is 17.8 Å². The molecule has 0 spiro atoms. The number of carbonyl (C=O) groups excluding carboxylic acids is 1. The number of benzene rings is 4. The Balaban J connectivity index is 1.68. The minimum Gasteiger partial charge on any atom is -0.496 e. The molecule has 8 heteroatoms. The fourth-order valence-electron chi connectivity index (χ4n) is 5.13. The van der Waals surface area contributed by atoms with Crippen LogP contribution in [0.15, 0.2) is 106 Å². The van der Waals surface area contributed by atoms with E-state index in [1.54, 1.807) is 26.2 Å². The fraction of sp³-hybridized carbons (Fsp3) is 0.121. The van der Waals surface area contributed by atoms with Gasteiger partial charge in [0.15, 0.2) is 4.80 Å². The first kappa shape index (κ1) is 26.4. The van der Waals surface area contributed by atoms with E-state index in [1.807, 2.05) is 72.8 Å². The van der Waals surface area contributed by atoms with Gasteiger partial charge in [-0.05, 0) is 47.5 Å². The van der Waals surface area contributed by atoms with Crippen LogP contribution in [0.25, 0.3) is 22.5 Å². The monoisotopic (exact) mass is 564 g/mol. The highest BCUT2D eigenvalue weighted by Crippen LogP contribution is 2.35. The summed E-state index contributed by atoms with van der Waals surface area (Å²) >= 11 is 1.22. The van der Waals surface area contributed by atoms with Crippen LogP contribution in [-0.4, -0.2) is 24.3 Å². The van der Waals surface area contributed by atoms with Gasteiger partial charge in [-0.2, -0.15) is 0 Å². The second kappa shape index (κ2) is 11.0. The van der Waals surface area contributed by atoms with Crippen molar-refractivity contribution in [1.29, 1.82) is 0 Å². The molecule has 41 heavy (non-hydrogen) atoms. The van der Waals surface area contributed by atoms with E-state index in [2.05, 4.69) is 0 Å². The van der Waals surface area contributed by atoms with E-state index in [0.717, 1.165) is 16.3 Å². The molecule has 4 aromatic carbocycles. The third-order valence-corrected chi connectivity index (χ3v) is 7.97. The topological polar surface area (TPSA) is 69.9 Å². The molecule has 0 radical (unpaired) electrons. The molecular formula is C33H25FN2O4S. The third kappa shape index (κ3) is 4.76. The minimum absolute atomic E-state index is 0.145. The number of nitrogens with zero attached hydrogens (tertiary/aromatic N) is 2. The quantitative estimate of drug-likeness (QED) is 0.265. The van der Waals surface area contributed by atoms with Gasteiger partial charge in [0.05, 0.1) is 35.6 Å². The van der Waals surface area contributed by atoms with Crippen molar-refractivity contribution in [1.82, 2.24) is 4.57 Å². The van der Waals surface area contributed by atoms with Crippen LogP contribution in [0.5, 0.6) is 5.75 Å². The number of ether oxygens (including phenoxy) is 2. The second-order valence-electron chi connectivity index (χ2n) is 9.39. The maximum Gasteiger partial charge on any atom is 0.338 e. The standard InChI is InChI=1S/C33H25FN2O4S/c1-3-40-32(38)28-29(21-10-5-4-6-11-21)35-33-36(30(28)22-13-16-23(34)17-14-22)31(37)27(41-33)19-25-24-12-8-7-9-20(24)15-18-26(25)39-2/h4-19,30H,3H2,1-2H3/b27-19+/t30-/m0/s1. The Morgan fingerprint density at radius 2 is 1.73 bits per heavy atom. The molecule has 0 bridgehead atoms. The van der Waals surface area contributed by atoms with Crippen molar-refractivity contribution in [2.75, 3.05) is 13.7 Å². The van der Waals surface area contributed by atoms with Crippen LogP contribution in [0.1, 0.15) is 29.7 Å². The van der Waals surface area contributed by atoms with Crippen molar-refractivity contribution in [3.8, 4) is 5.75 Å². The van der Waals surface area contributed by atoms with Crippen molar-refractivity contribution in [3.63, 3.8) is 0 Å². The Morgan fingerprint density at radius 1 is 1.00 bits per heavy atom. The van der Waals surface area contributed by atoms with Gasteiger partial charge in [-0.15, -0.1) is 0 Å². The molecule has 0 saturated heterocycles. The summed E-state index contributed by atoms with van der Waals surface area (Å²) in [6.07, 6.45) is 1.81. The van der Waals surface area contributed by atoms with Crippen molar-refractivity contribution in [2.24, 2.45) is 4.99 Å². The molecule has 2 heterocycles. The number of carbonyl (C=O) groups is 1. The van der Waals surface area contributed by atoms with E-state index in [0.29, 0.717) is 31.9 Å². The van der Waals surface area contributed by atoms with Crippen molar-refractivity contribution < 1.29 is 18.7 Å². The number of aromatic nitrogens is 1. The van der Waals surface area contributed by atoms with Gasteiger partial charge >= 0.3 is 5.97 Å². The Morgan fingerprint density at radius 3 is 2.46 bits per heavy atom. The summed E-state index contributed by atoms with van der Waals surface area (Å²) in [4.78, 5) is 33.0. The van der Waals surface area contributed by atoms with E-state index in [4.69, 9.17) is 14.5 Å². The summed E-state index contributed by atoms with van der Waals surface area (Å²) in [6.45, 7) is 1.87. The maximum atomic E-state index is 14.2. The normalized spacial score (nSPS) is 15.0. The summed E-state index contributed by atoms with van der Waals surface area (Å²) < 4.78 is 27.0. The van der Waals surface area contributed by atoms with Crippen LogP contribution < -0.4 is 19.6 Å². The lowest BCUT2D eigenvalue weighted by Crippen LogP contribution is -2.40. The SMILES string of the molecule is CCOC(=O)C1=C(c2ccccc2)N=c2s/c(=C/c3c(OC)ccc4ccccc34)c(=O)n2[C@H]1c1ccc(F)cc1. The Hall–Kier alpha value is -4.82. The molecule has 0 N–H and O–H groups in total. The summed E-state index contributed by atoms with van der Waals surface area (Å²) in [6, 6.07) is 25.9. The molecule has 1 atom stereocenters. The number of fused-ring (bicyclic) bond motifs is 2. The first-order valence-electron chi connectivity index (χ1n) is 13.1. The average molecular weight is 565 g/mol. The van der Waals surface area contributed by atoms with Crippen molar-refractivity contribution >= 4 is 39.9 Å². The molecule has 0 saturated carbocycles. The zero-order chi connectivity index (χ0) is 28.5. The first-order valence-corrected chi connectivity index (χ1v) is 13.9. The van der Waals surface area contributed by atoms with E-state index >= 15 is 0 Å². The highest BCUT2D eigenvalue weighted by molar-refractivity contribution is 7.07. The Labute approximate surface area is 238 Å². The smallest absolute Gasteiger partial charge is 0.338 e. The molecule has 6 rings (SSSR count). The zero-order valence-electron chi connectivity index (χ0n) is 22.3. The first-order chi connectivity index (χ1) is 20.0. The van der Waals surface area contributed by atoms with Crippen LogP contribution in [0.4, 0.5) is 4.39 Å². The highest BCUT2D eigenvalue weighted by Gasteiger charge is 2.35. The predicted molar refractivity (Wildman–Crippen MR) is 158 cm³/mol. The number of hydrogen-bond acceptors (Lipinski definition) is 6. The number of rotatable bonds is 6. The van der Waals surface area contributed by atoms with Gasteiger partial charge in [0.2, 0.25) is 0 Å². The summed E-state index contributed by atoms with van der Waals surface area (Å²) in [5.74, 6) is -0.384. The fourth-order valence-corrected chi connectivity index (χ4v) is 6.12. The van der Waals surface area contributed by atoms with Crippen LogP contribution in [0.2, 0.25) is 0 Å². The van der Waals surface area contributed by atoms with Gasteiger partial charge in [0, 0.05) is 11.1 Å². The molecule has 0 aliphatic carbocycles. The molecule has 0 fully saturated rings. The molecule has 0 unspecified atom stereocenters. The number of methoxy groups -OCH3 is 1. The number of halogens is 1. The summed E-state index contributed by atoms with van der Waals surface area (Å²) in [5.41, 5.74) is 2.33. The van der Waals surface area contributed by atoms with Crippen LogP contribution in [0, 0.1) is 5.82 Å². The second-order valence-corrected chi connectivity index (χ2v) is 10.4. The summed E-state index contributed by atoms with van der Waals surface area (Å²) in [5, 5.41) is 1.94. The number of hydrogen-bond donors (Lipinski definition) is 0. The summed E-state index contributed by atoms with van der Waals surface area (Å²) in [7, 11) is 1.59. The number of esters is 1. The van der Waals surface area contributed by atoms with Gasteiger partial charge < -0.3 is 9.47 Å². The molecule has 1 aliphatic rings. The Kier molecular flexibility index (Phi) is 7.07. The third-order valence-electron chi connectivity index (χ3n) is 6.99. The maximum absolute atomic E-state index is 14.2. The lowest BCUT2D eigenvalue weighted by atomic mass is 9.93. The van der Waals surface area contributed by atoms with Crippen molar-refractivity contribution in [3.05, 3.63) is 139 Å². The molecule has 5 aromatic rings. The molecule has 1 aliphatic heterocycles. The van der Waals surface area contributed by atoms with E-state index in [9.17, 15) is 14.0 Å². The highest BCUT2D eigenvalue weighted by atomic mass is 32.1. The van der Waals surface area contributed by atoms with E-state index in [-0.39, 0.29) is 17.7 Å². The van der Waals surface area contributed by atoms with Crippen molar-refractivity contribution in [2.45, 2.75) is 13.0 Å². The molecule has 204 valence electrons. The largest absolute Gasteiger partial charge is 0.496 e. The van der Waals surface area contributed by atoms with E-state index in [1.165, 1.54) is 28.0 Å². The predicted octanol–water partition coefficient (Wildman–Crippen LogP) is 5.24. The van der Waals surface area contributed by atoms with Gasteiger partial charge in [0.25, 0.3) is 5.56 Å². The van der Waals surface area contributed by atoms with Gasteiger partial charge in [0.1, 0.15) is 11.6 Å². The van der Waals surface area contributed by atoms with Gasteiger partial charge in [-0.1, -0.05) is 84.1 Å². The zero-order valence-corrected chi connectivity index (χ0v) is 23.2. The molecule has 6 nitrogen and oxygen atoms in total. The average Bonchev–Trinajstić information content (AvgIpc) is 3.31. The molecule has 1 aromatic heterocycles. The minimum atomic E-state index is -0.877. The van der Waals surface area contributed by atoms with Crippen LogP contribution in [0.3, 0.4) is 0 Å². The van der Waals surface area contributed by atoms with Crippen LogP contribution >= 0.6 is 11.3 Å². The Bertz CT molecular complexity index is 1990. The van der Waals surface area contributed by atoms with Crippen LogP contribution in [-0.2, 0) is 9.53 Å². The number of thiazole rings is 1. The molecule has 0 amide bonds.